The van der Waals surface area contributed by atoms with Crippen LogP contribution in [0.15, 0.2) is 18.2 Å². The highest BCUT2D eigenvalue weighted by Gasteiger charge is 2.35. The highest BCUT2D eigenvalue weighted by molar-refractivity contribution is 5.77. The molecule has 0 saturated carbocycles. The standard InChI is InChI=1S/C15H23N5O/c1-2-6-16-14-5-3-4-12(18-14)10-19-7-8-20-13(11-19)9-17-15(20)21/h3-5,13H,2,6-11H2,1H3,(H,16,18)(H,17,21). The van der Waals surface area contributed by atoms with Gasteiger partial charge in [-0.2, -0.15) is 0 Å². The molecule has 2 fully saturated rings. The lowest BCUT2D eigenvalue weighted by Crippen LogP contribution is -2.51. The summed E-state index contributed by atoms with van der Waals surface area (Å²) in [6, 6.07) is 6.53. The lowest BCUT2D eigenvalue weighted by atomic mass is 10.2. The van der Waals surface area contributed by atoms with Crippen molar-refractivity contribution in [1.29, 1.82) is 0 Å². The first-order chi connectivity index (χ1) is 10.3. The number of anilines is 1. The zero-order chi connectivity index (χ0) is 14.7. The average Bonchev–Trinajstić information content (AvgIpc) is 2.86. The van der Waals surface area contributed by atoms with Crippen LogP contribution in [0.4, 0.5) is 10.6 Å². The molecule has 3 rings (SSSR count). The SMILES string of the molecule is CCCNc1cccc(CN2CCN3C(=O)NCC3C2)n1. The average molecular weight is 289 g/mol. The number of nitrogens with zero attached hydrogens (tertiary/aromatic N) is 3. The molecule has 1 aromatic rings. The highest BCUT2D eigenvalue weighted by atomic mass is 16.2. The first-order valence-corrected chi connectivity index (χ1v) is 7.73. The minimum Gasteiger partial charge on any atom is -0.370 e. The maximum absolute atomic E-state index is 11.6. The van der Waals surface area contributed by atoms with E-state index in [-0.39, 0.29) is 6.03 Å². The van der Waals surface area contributed by atoms with E-state index in [1.165, 1.54) is 0 Å². The van der Waals surface area contributed by atoms with Crippen molar-refractivity contribution in [3.8, 4) is 0 Å². The van der Waals surface area contributed by atoms with E-state index in [4.69, 9.17) is 0 Å². The number of fused-ring (bicyclic) bond motifs is 1. The normalized spacial score (nSPS) is 22.0. The van der Waals surface area contributed by atoms with Crippen LogP contribution in [0.1, 0.15) is 19.0 Å². The van der Waals surface area contributed by atoms with Crippen LogP contribution in [0.25, 0.3) is 0 Å². The molecule has 3 heterocycles. The Morgan fingerprint density at radius 3 is 3.19 bits per heavy atom. The zero-order valence-corrected chi connectivity index (χ0v) is 12.5. The molecule has 0 aliphatic carbocycles. The van der Waals surface area contributed by atoms with Gasteiger partial charge in [0, 0.05) is 39.3 Å². The molecule has 0 radical (unpaired) electrons. The molecule has 2 N–H and O–H groups in total. The zero-order valence-electron chi connectivity index (χ0n) is 12.5. The summed E-state index contributed by atoms with van der Waals surface area (Å²) in [5, 5.41) is 6.24. The predicted octanol–water partition coefficient (Wildman–Crippen LogP) is 1.11. The fraction of sp³-hybridized carbons (Fsp3) is 0.600. The Balaban J connectivity index is 1.58. The molecule has 2 saturated heterocycles. The van der Waals surface area contributed by atoms with Gasteiger partial charge in [-0.05, 0) is 18.6 Å². The first kappa shape index (κ1) is 14.1. The third kappa shape index (κ3) is 3.26. The number of aromatic nitrogens is 1. The number of urea groups is 1. The van der Waals surface area contributed by atoms with Crippen molar-refractivity contribution in [3.63, 3.8) is 0 Å². The smallest absolute Gasteiger partial charge is 0.317 e. The fourth-order valence-corrected chi connectivity index (χ4v) is 2.96. The molecule has 1 atom stereocenters. The summed E-state index contributed by atoms with van der Waals surface area (Å²) in [4.78, 5) is 20.6. The summed E-state index contributed by atoms with van der Waals surface area (Å²) in [5.74, 6) is 0.950. The third-order valence-electron chi connectivity index (χ3n) is 4.07. The Hall–Kier alpha value is -1.82. The van der Waals surface area contributed by atoms with Crippen molar-refractivity contribution < 1.29 is 4.79 Å². The van der Waals surface area contributed by atoms with Gasteiger partial charge in [-0.25, -0.2) is 9.78 Å². The van der Waals surface area contributed by atoms with Gasteiger partial charge in [0.1, 0.15) is 5.82 Å². The lowest BCUT2D eigenvalue weighted by molar-refractivity contribution is 0.116. The third-order valence-corrected chi connectivity index (χ3v) is 4.07. The van der Waals surface area contributed by atoms with Crippen LogP contribution in [0, 0.1) is 0 Å². The molecular formula is C15H23N5O. The molecule has 114 valence electrons. The minimum absolute atomic E-state index is 0.0866. The number of carbonyl (C=O) groups excluding carboxylic acids is 1. The summed E-state index contributed by atoms with van der Waals surface area (Å²) >= 11 is 0. The van der Waals surface area contributed by atoms with Gasteiger partial charge in [0.25, 0.3) is 0 Å². The Morgan fingerprint density at radius 1 is 1.43 bits per heavy atom. The molecule has 21 heavy (non-hydrogen) atoms. The Bertz CT molecular complexity index is 507. The number of amides is 2. The lowest BCUT2D eigenvalue weighted by Gasteiger charge is -2.36. The van der Waals surface area contributed by atoms with Crippen molar-refractivity contribution in [2.24, 2.45) is 0 Å². The van der Waals surface area contributed by atoms with Crippen molar-refractivity contribution in [1.82, 2.24) is 20.1 Å². The van der Waals surface area contributed by atoms with Gasteiger partial charge in [-0.1, -0.05) is 13.0 Å². The highest BCUT2D eigenvalue weighted by Crippen LogP contribution is 2.16. The van der Waals surface area contributed by atoms with Gasteiger partial charge in [0.05, 0.1) is 11.7 Å². The molecule has 2 aliphatic rings. The number of rotatable bonds is 5. The molecule has 1 unspecified atom stereocenters. The quantitative estimate of drug-likeness (QED) is 0.852. The maximum Gasteiger partial charge on any atom is 0.317 e. The summed E-state index contributed by atoms with van der Waals surface area (Å²) in [6.07, 6.45) is 1.09. The van der Waals surface area contributed by atoms with Gasteiger partial charge in [-0.15, -0.1) is 0 Å². The Morgan fingerprint density at radius 2 is 2.33 bits per heavy atom. The van der Waals surface area contributed by atoms with Gasteiger partial charge in [-0.3, -0.25) is 4.90 Å². The monoisotopic (exact) mass is 289 g/mol. The molecule has 0 aromatic carbocycles. The van der Waals surface area contributed by atoms with E-state index < -0.39 is 0 Å². The van der Waals surface area contributed by atoms with Crippen molar-refractivity contribution in [2.45, 2.75) is 25.9 Å². The van der Waals surface area contributed by atoms with Crippen LogP contribution in [0.5, 0.6) is 0 Å². The second kappa shape index (κ2) is 6.30. The summed E-state index contributed by atoms with van der Waals surface area (Å²) in [5.41, 5.74) is 1.09. The van der Waals surface area contributed by atoms with Gasteiger partial charge >= 0.3 is 6.03 Å². The second-order valence-electron chi connectivity index (χ2n) is 5.71. The molecule has 2 amide bonds. The number of hydrogen-bond acceptors (Lipinski definition) is 4. The molecule has 1 aromatic heterocycles. The number of nitrogens with one attached hydrogen (secondary N) is 2. The van der Waals surface area contributed by atoms with Crippen molar-refractivity contribution in [3.05, 3.63) is 23.9 Å². The van der Waals surface area contributed by atoms with E-state index in [0.29, 0.717) is 6.04 Å². The topological polar surface area (TPSA) is 60.5 Å². The van der Waals surface area contributed by atoms with E-state index >= 15 is 0 Å². The van der Waals surface area contributed by atoms with Crippen LogP contribution in [-0.2, 0) is 6.54 Å². The van der Waals surface area contributed by atoms with Gasteiger partial charge in [0.15, 0.2) is 0 Å². The van der Waals surface area contributed by atoms with Crippen LogP contribution < -0.4 is 10.6 Å². The molecule has 0 spiro atoms. The van der Waals surface area contributed by atoms with Gasteiger partial charge in [0.2, 0.25) is 0 Å². The molecule has 6 heteroatoms. The van der Waals surface area contributed by atoms with Crippen molar-refractivity contribution >= 4 is 11.8 Å². The predicted molar refractivity (Wildman–Crippen MR) is 82.2 cm³/mol. The number of hydrogen-bond donors (Lipinski definition) is 2. The Kier molecular flexibility index (Phi) is 4.24. The van der Waals surface area contributed by atoms with E-state index in [0.717, 1.165) is 57.2 Å². The van der Waals surface area contributed by atoms with E-state index in [9.17, 15) is 4.79 Å². The summed E-state index contributed by atoms with van der Waals surface area (Å²) in [6.45, 7) is 7.36. The summed E-state index contributed by atoms with van der Waals surface area (Å²) in [7, 11) is 0. The largest absolute Gasteiger partial charge is 0.370 e. The molecule has 6 nitrogen and oxygen atoms in total. The molecular weight excluding hydrogens is 266 g/mol. The van der Waals surface area contributed by atoms with Gasteiger partial charge < -0.3 is 15.5 Å². The van der Waals surface area contributed by atoms with E-state index in [1.54, 1.807) is 0 Å². The first-order valence-electron chi connectivity index (χ1n) is 7.73. The van der Waals surface area contributed by atoms with Crippen molar-refractivity contribution in [2.75, 3.05) is 38.0 Å². The van der Waals surface area contributed by atoms with E-state index in [1.807, 2.05) is 11.0 Å². The number of piperazine rings is 1. The van der Waals surface area contributed by atoms with Crippen LogP contribution in [0.2, 0.25) is 0 Å². The maximum atomic E-state index is 11.6. The molecule has 0 bridgehead atoms. The second-order valence-corrected chi connectivity index (χ2v) is 5.71. The summed E-state index contributed by atoms with van der Waals surface area (Å²) < 4.78 is 0. The molecule has 2 aliphatic heterocycles. The fourth-order valence-electron chi connectivity index (χ4n) is 2.96. The minimum atomic E-state index is 0.0866. The van der Waals surface area contributed by atoms with E-state index in [2.05, 4.69) is 39.6 Å². The number of pyridine rings is 1. The Labute approximate surface area is 125 Å². The van der Waals surface area contributed by atoms with Crippen LogP contribution >= 0.6 is 0 Å². The number of carbonyl (C=O) groups is 1. The van der Waals surface area contributed by atoms with Crippen LogP contribution in [-0.4, -0.2) is 59.6 Å². The van der Waals surface area contributed by atoms with Crippen LogP contribution in [0.3, 0.4) is 0 Å².